The van der Waals surface area contributed by atoms with Crippen LogP contribution in [0.3, 0.4) is 0 Å². The second kappa shape index (κ2) is 5.54. The van der Waals surface area contributed by atoms with E-state index in [1.54, 1.807) is 6.20 Å². The van der Waals surface area contributed by atoms with Crippen LogP contribution in [0.1, 0.15) is 5.56 Å². The second-order valence-corrected chi connectivity index (χ2v) is 5.19. The molecule has 4 heteroatoms. The first-order chi connectivity index (χ1) is 10.1. The van der Waals surface area contributed by atoms with Crippen LogP contribution in [-0.2, 0) is 11.2 Å². The van der Waals surface area contributed by atoms with E-state index in [0.29, 0.717) is 5.02 Å². The topological polar surface area (TPSA) is 50.2 Å². The molecule has 0 saturated heterocycles. The van der Waals surface area contributed by atoms with Crippen LogP contribution < -0.4 is 0 Å². The van der Waals surface area contributed by atoms with Gasteiger partial charge in [-0.2, -0.15) is 0 Å². The number of aliphatic carboxylic acids is 1. The van der Waals surface area contributed by atoms with E-state index in [4.69, 9.17) is 16.7 Å². The molecule has 0 fully saturated rings. The number of halogens is 1. The van der Waals surface area contributed by atoms with Crippen LogP contribution in [0.5, 0.6) is 0 Å². The van der Waals surface area contributed by atoms with Crippen molar-refractivity contribution in [1.29, 1.82) is 0 Å². The highest BCUT2D eigenvalue weighted by Gasteiger charge is 2.10. The predicted molar refractivity (Wildman–Crippen MR) is 83.5 cm³/mol. The van der Waals surface area contributed by atoms with Crippen molar-refractivity contribution < 1.29 is 9.90 Å². The molecule has 0 unspecified atom stereocenters. The molecule has 0 radical (unpaired) electrons. The Balaban J connectivity index is 2.20. The van der Waals surface area contributed by atoms with Gasteiger partial charge >= 0.3 is 5.97 Å². The highest BCUT2D eigenvalue weighted by atomic mass is 35.5. The summed E-state index contributed by atoms with van der Waals surface area (Å²) in [4.78, 5) is 15.4. The Morgan fingerprint density at radius 1 is 1.05 bits per heavy atom. The van der Waals surface area contributed by atoms with Gasteiger partial charge in [-0.05, 0) is 29.1 Å². The summed E-state index contributed by atoms with van der Waals surface area (Å²) in [6, 6.07) is 15.0. The van der Waals surface area contributed by atoms with E-state index in [1.165, 1.54) is 0 Å². The summed E-state index contributed by atoms with van der Waals surface area (Å²) in [5, 5.41) is 11.5. The maximum absolute atomic E-state index is 11.0. The monoisotopic (exact) mass is 297 g/mol. The number of carboxylic acids is 1. The van der Waals surface area contributed by atoms with Gasteiger partial charge < -0.3 is 5.11 Å². The highest BCUT2D eigenvalue weighted by molar-refractivity contribution is 6.30. The number of aromatic nitrogens is 1. The Morgan fingerprint density at radius 3 is 2.52 bits per heavy atom. The summed E-state index contributed by atoms with van der Waals surface area (Å²) < 4.78 is 0. The molecule has 0 saturated carbocycles. The van der Waals surface area contributed by atoms with Crippen molar-refractivity contribution >= 4 is 28.3 Å². The average Bonchev–Trinajstić information content (AvgIpc) is 2.47. The Labute approximate surface area is 126 Å². The zero-order valence-electron chi connectivity index (χ0n) is 11.1. The minimum Gasteiger partial charge on any atom is -0.481 e. The molecule has 0 bridgehead atoms. The van der Waals surface area contributed by atoms with Gasteiger partial charge in [-0.25, -0.2) is 0 Å². The van der Waals surface area contributed by atoms with Crippen molar-refractivity contribution in [3.8, 4) is 11.3 Å². The van der Waals surface area contributed by atoms with Gasteiger partial charge in [0, 0.05) is 22.2 Å². The zero-order valence-corrected chi connectivity index (χ0v) is 11.8. The van der Waals surface area contributed by atoms with E-state index in [2.05, 4.69) is 4.98 Å². The predicted octanol–water partition coefficient (Wildman–Crippen LogP) is 4.18. The number of nitrogens with zero attached hydrogens (tertiary/aromatic N) is 1. The summed E-state index contributed by atoms with van der Waals surface area (Å²) in [5.41, 5.74) is 2.58. The summed E-state index contributed by atoms with van der Waals surface area (Å²) in [7, 11) is 0. The molecule has 3 rings (SSSR count). The van der Waals surface area contributed by atoms with Gasteiger partial charge in [-0.1, -0.05) is 41.9 Å². The molecule has 3 aromatic rings. The molecular weight excluding hydrogens is 286 g/mol. The number of benzene rings is 2. The first-order valence-electron chi connectivity index (χ1n) is 6.49. The van der Waals surface area contributed by atoms with Crippen LogP contribution in [0.25, 0.3) is 22.0 Å². The smallest absolute Gasteiger partial charge is 0.307 e. The van der Waals surface area contributed by atoms with Gasteiger partial charge in [-0.3, -0.25) is 9.78 Å². The lowest BCUT2D eigenvalue weighted by Crippen LogP contribution is -2.01. The van der Waals surface area contributed by atoms with Crippen LogP contribution in [0, 0.1) is 0 Å². The number of carbonyl (C=O) groups is 1. The van der Waals surface area contributed by atoms with E-state index in [1.807, 2.05) is 48.5 Å². The minimum absolute atomic E-state index is 0.00140. The molecule has 2 aromatic carbocycles. The third kappa shape index (κ3) is 2.73. The molecule has 0 aliphatic carbocycles. The number of hydrogen-bond acceptors (Lipinski definition) is 2. The molecule has 0 amide bonds. The number of carboxylic acid groups (broad SMARTS) is 1. The van der Waals surface area contributed by atoms with Crippen LogP contribution in [0.15, 0.2) is 54.7 Å². The lowest BCUT2D eigenvalue weighted by molar-refractivity contribution is -0.136. The van der Waals surface area contributed by atoms with Crippen molar-refractivity contribution in [2.45, 2.75) is 6.42 Å². The van der Waals surface area contributed by atoms with E-state index in [0.717, 1.165) is 27.6 Å². The van der Waals surface area contributed by atoms with E-state index >= 15 is 0 Å². The van der Waals surface area contributed by atoms with E-state index in [9.17, 15) is 4.79 Å². The number of fused-ring (bicyclic) bond motifs is 1. The number of hydrogen-bond donors (Lipinski definition) is 1. The van der Waals surface area contributed by atoms with Crippen molar-refractivity contribution in [3.63, 3.8) is 0 Å². The largest absolute Gasteiger partial charge is 0.481 e. The van der Waals surface area contributed by atoms with Crippen molar-refractivity contribution in [2.75, 3.05) is 0 Å². The summed E-state index contributed by atoms with van der Waals surface area (Å²) in [5.74, 6) is -0.840. The fourth-order valence-corrected chi connectivity index (χ4v) is 2.55. The SMILES string of the molecule is O=C(O)Cc1cccc2c(-c3ccc(Cl)cc3)nccc12. The molecule has 21 heavy (non-hydrogen) atoms. The lowest BCUT2D eigenvalue weighted by atomic mass is 9.99. The number of pyridine rings is 1. The normalized spacial score (nSPS) is 10.7. The summed E-state index contributed by atoms with van der Waals surface area (Å²) in [6.07, 6.45) is 1.71. The van der Waals surface area contributed by atoms with E-state index < -0.39 is 5.97 Å². The molecule has 1 N–H and O–H groups in total. The molecule has 0 aliphatic rings. The van der Waals surface area contributed by atoms with E-state index in [-0.39, 0.29) is 6.42 Å². The van der Waals surface area contributed by atoms with Gasteiger partial charge in [-0.15, -0.1) is 0 Å². The molecule has 1 heterocycles. The van der Waals surface area contributed by atoms with Gasteiger partial charge in [0.25, 0.3) is 0 Å². The van der Waals surface area contributed by atoms with Gasteiger partial charge in [0.2, 0.25) is 0 Å². The zero-order chi connectivity index (χ0) is 14.8. The maximum atomic E-state index is 11.0. The van der Waals surface area contributed by atoms with Gasteiger partial charge in [0.05, 0.1) is 12.1 Å². The molecular formula is C17H12ClNO2. The van der Waals surface area contributed by atoms with Crippen LogP contribution in [-0.4, -0.2) is 16.1 Å². The molecule has 1 aromatic heterocycles. The summed E-state index contributed by atoms with van der Waals surface area (Å²) >= 11 is 5.91. The Morgan fingerprint density at radius 2 is 1.81 bits per heavy atom. The fourth-order valence-electron chi connectivity index (χ4n) is 2.43. The summed E-state index contributed by atoms with van der Waals surface area (Å²) in [6.45, 7) is 0. The second-order valence-electron chi connectivity index (χ2n) is 4.75. The standard InChI is InChI=1S/C17H12ClNO2/c18-13-6-4-11(5-7-13)17-15-3-1-2-12(10-16(20)21)14(15)8-9-19-17/h1-9H,10H2,(H,20,21). The first kappa shape index (κ1) is 13.6. The van der Waals surface area contributed by atoms with Crippen LogP contribution in [0.4, 0.5) is 0 Å². The molecule has 0 atom stereocenters. The quantitative estimate of drug-likeness (QED) is 0.789. The van der Waals surface area contributed by atoms with Crippen LogP contribution in [0.2, 0.25) is 5.02 Å². The highest BCUT2D eigenvalue weighted by Crippen LogP contribution is 2.29. The Bertz CT molecular complexity index is 813. The lowest BCUT2D eigenvalue weighted by Gasteiger charge is -2.09. The van der Waals surface area contributed by atoms with Crippen molar-refractivity contribution in [1.82, 2.24) is 4.98 Å². The van der Waals surface area contributed by atoms with Crippen molar-refractivity contribution in [3.05, 3.63) is 65.3 Å². The average molecular weight is 298 g/mol. The number of rotatable bonds is 3. The third-order valence-corrected chi connectivity index (χ3v) is 3.61. The third-order valence-electron chi connectivity index (χ3n) is 3.36. The molecule has 104 valence electrons. The minimum atomic E-state index is -0.840. The maximum Gasteiger partial charge on any atom is 0.307 e. The Kier molecular flexibility index (Phi) is 3.59. The first-order valence-corrected chi connectivity index (χ1v) is 6.87. The molecule has 0 spiro atoms. The van der Waals surface area contributed by atoms with Gasteiger partial charge in [0.1, 0.15) is 0 Å². The Hall–Kier alpha value is -2.39. The van der Waals surface area contributed by atoms with Crippen molar-refractivity contribution in [2.24, 2.45) is 0 Å². The molecule has 3 nitrogen and oxygen atoms in total. The fraction of sp³-hybridized carbons (Fsp3) is 0.0588. The van der Waals surface area contributed by atoms with Gasteiger partial charge in [0.15, 0.2) is 0 Å². The van der Waals surface area contributed by atoms with Crippen LogP contribution >= 0.6 is 11.6 Å². The molecule has 0 aliphatic heterocycles.